The molecule has 0 unspecified atom stereocenters. The Morgan fingerprint density at radius 2 is 1.72 bits per heavy atom. The minimum Gasteiger partial charge on any atom is -0.481 e. The molecule has 244 valence electrons. The lowest BCUT2D eigenvalue weighted by Gasteiger charge is -2.32. The number of nitrogens with zero attached hydrogens (tertiary/aromatic N) is 5. The predicted molar refractivity (Wildman–Crippen MR) is 171 cm³/mol. The van der Waals surface area contributed by atoms with Crippen LogP contribution in [-0.2, 0) is 15.7 Å². The number of carbonyl (C=O) groups is 1. The van der Waals surface area contributed by atoms with Crippen molar-refractivity contribution in [2.75, 3.05) is 50.2 Å². The van der Waals surface area contributed by atoms with Gasteiger partial charge in [-0.2, -0.15) is 13.2 Å². The van der Waals surface area contributed by atoms with Gasteiger partial charge in [0.05, 0.1) is 23.9 Å². The fourth-order valence-corrected chi connectivity index (χ4v) is 6.37. The lowest BCUT2D eigenvalue weighted by Crippen LogP contribution is -2.36. The van der Waals surface area contributed by atoms with Gasteiger partial charge in [0.25, 0.3) is 0 Å². The van der Waals surface area contributed by atoms with Crippen LogP contribution in [0.25, 0.3) is 33.8 Å². The van der Waals surface area contributed by atoms with Crippen molar-refractivity contribution < 1.29 is 27.8 Å². The van der Waals surface area contributed by atoms with Gasteiger partial charge in [-0.25, -0.2) is 15.0 Å². The van der Waals surface area contributed by atoms with Gasteiger partial charge in [0.15, 0.2) is 5.65 Å². The van der Waals surface area contributed by atoms with Gasteiger partial charge in [-0.1, -0.05) is 13.8 Å². The smallest absolute Gasteiger partial charge is 0.433 e. The van der Waals surface area contributed by atoms with Crippen molar-refractivity contribution >= 4 is 28.5 Å². The molecule has 1 aliphatic carbocycles. The number of carboxylic acids is 1. The quantitative estimate of drug-likeness (QED) is 0.192. The van der Waals surface area contributed by atoms with Crippen molar-refractivity contribution in [3.05, 3.63) is 53.9 Å². The van der Waals surface area contributed by atoms with E-state index in [9.17, 15) is 23.1 Å². The number of alkyl halides is 3. The van der Waals surface area contributed by atoms with Crippen LogP contribution in [0.5, 0.6) is 0 Å². The largest absolute Gasteiger partial charge is 0.481 e. The number of aliphatic carboxylic acids is 1. The Morgan fingerprint density at radius 1 is 1.02 bits per heavy atom. The lowest BCUT2D eigenvalue weighted by molar-refractivity contribution is -0.142. The molecule has 0 radical (unpaired) electrons. The fraction of sp³-hybridized carbons (Fsp3) is 0.471. The molecule has 2 N–H and O–H groups in total. The van der Waals surface area contributed by atoms with E-state index in [0.717, 1.165) is 35.8 Å². The zero-order valence-electron chi connectivity index (χ0n) is 26.5. The van der Waals surface area contributed by atoms with E-state index in [1.165, 1.54) is 0 Å². The minimum atomic E-state index is -4.58. The first-order chi connectivity index (χ1) is 21.8. The molecule has 0 spiro atoms. The van der Waals surface area contributed by atoms with Gasteiger partial charge >= 0.3 is 12.1 Å². The lowest BCUT2D eigenvalue weighted by atomic mass is 9.94. The molecule has 6 rings (SSSR count). The van der Waals surface area contributed by atoms with Crippen LogP contribution in [-0.4, -0.2) is 71.4 Å². The predicted octanol–water partition coefficient (Wildman–Crippen LogP) is 6.99. The second-order valence-corrected chi connectivity index (χ2v) is 13.3. The van der Waals surface area contributed by atoms with E-state index in [4.69, 9.17) is 14.7 Å². The highest BCUT2D eigenvalue weighted by Crippen LogP contribution is 2.43. The van der Waals surface area contributed by atoms with Gasteiger partial charge in [0.1, 0.15) is 17.0 Å². The van der Waals surface area contributed by atoms with Gasteiger partial charge in [0, 0.05) is 67.6 Å². The number of aromatic nitrogens is 4. The Hall–Kier alpha value is -4.19. The van der Waals surface area contributed by atoms with Crippen LogP contribution in [0.1, 0.15) is 56.8 Å². The summed E-state index contributed by atoms with van der Waals surface area (Å²) in [7, 11) is 3.61. The highest BCUT2D eigenvalue weighted by atomic mass is 19.4. The second-order valence-electron chi connectivity index (χ2n) is 13.3. The summed E-state index contributed by atoms with van der Waals surface area (Å²) in [4.78, 5) is 32.6. The molecule has 9 nitrogen and oxygen atoms in total. The SMILES string of the molecule is COCC(C)(C)CN(C)c1cc(-c2cc(C3CC3)nc(C(F)(F)F)c2)nc2nc(-c3ccc(N4CCC(C(=O)O)CC4)cc3)[nH]c12. The van der Waals surface area contributed by atoms with Crippen LogP contribution in [0.2, 0.25) is 0 Å². The molecule has 0 amide bonds. The van der Waals surface area contributed by atoms with Gasteiger partial charge in [0.2, 0.25) is 0 Å². The van der Waals surface area contributed by atoms with E-state index in [1.54, 1.807) is 13.2 Å². The first-order valence-electron chi connectivity index (χ1n) is 15.6. The summed E-state index contributed by atoms with van der Waals surface area (Å²) in [5.74, 6) is -0.420. The number of pyridine rings is 2. The van der Waals surface area contributed by atoms with Crippen LogP contribution in [0.3, 0.4) is 0 Å². The van der Waals surface area contributed by atoms with Gasteiger partial charge in [-0.15, -0.1) is 0 Å². The number of piperidine rings is 1. The standard InChI is InChI=1S/C34H39F3N6O3/c1-33(2,19-46-4)18-42(3)27-17-26(23-15-25(20-5-6-20)38-28(16-23)34(35,36)37)39-31-29(27)40-30(41-31)21-7-9-24(10-8-21)43-13-11-22(12-14-43)32(44)45/h7-10,15-17,20,22H,5-6,11-14,18-19H2,1-4H3,(H,44,45)(H,39,40,41). The number of anilines is 2. The Morgan fingerprint density at radius 3 is 2.33 bits per heavy atom. The van der Waals surface area contributed by atoms with E-state index in [-0.39, 0.29) is 17.3 Å². The number of hydrogen-bond donors (Lipinski definition) is 2. The topological polar surface area (TPSA) is 107 Å². The molecule has 12 heteroatoms. The van der Waals surface area contributed by atoms with Gasteiger partial charge in [-0.05, 0) is 68.1 Å². The number of imidazole rings is 1. The molecular weight excluding hydrogens is 597 g/mol. The number of fused-ring (bicyclic) bond motifs is 1. The Bertz CT molecular complexity index is 1720. The average molecular weight is 637 g/mol. The molecule has 1 saturated heterocycles. The molecule has 4 heterocycles. The number of ether oxygens (including phenoxy) is 1. The van der Waals surface area contributed by atoms with Crippen molar-refractivity contribution in [2.45, 2.75) is 51.6 Å². The third-order valence-electron chi connectivity index (χ3n) is 8.83. The maximum absolute atomic E-state index is 13.9. The third-order valence-corrected chi connectivity index (χ3v) is 8.83. The van der Waals surface area contributed by atoms with Crippen molar-refractivity contribution in [1.29, 1.82) is 0 Å². The number of rotatable bonds is 10. The van der Waals surface area contributed by atoms with Crippen LogP contribution in [0.15, 0.2) is 42.5 Å². The number of aromatic amines is 1. The molecule has 2 fully saturated rings. The van der Waals surface area contributed by atoms with E-state index in [2.05, 4.69) is 33.6 Å². The zero-order chi connectivity index (χ0) is 32.8. The molecule has 46 heavy (non-hydrogen) atoms. The molecule has 3 aromatic heterocycles. The van der Waals surface area contributed by atoms with Crippen molar-refractivity contribution in [2.24, 2.45) is 11.3 Å². The van der Waals surface area contributed by atoms with E-state index in [0.29, 0.717) is 73.0 Å². The fourth-order valence-electron chi connectivity index (χ4n) is 6.37. The van der Waals surface area contributed by atoms with Crippen LogP contribution < -0.4 is 9.80 Å². The number of benzene rings is 1. The number of H-pyrrole nitrogens is 1. The summed E-state index contributed by atoms with van der Waals surface area (Å²) in [6.45, 7) is 6.68. The van der Waals surface area contributed by atoms with Crippen LogP contribution >= 0.6 is 0 Å². The number of carboxylic acid groups (broad SMARTS) is 1. The van der Waals surface area contributed by atoms with E-state index >= 15 is 0 Å². The zero-order valence-corrected chi connectivity index (χ0v) is 26.5. The van der Waals surface area contributed by atoms with E-state index < -0.39 is 17.8 Å². The first kappa shape index (κ1) is 31.8. The molecule has 1 aromatic carbocycles. The van der Waals surface area contributed by atoms with Crippen molar-refractivity contribution in [1.82, 2.24) is 19.9 Å². The van der Waals surface area contributed by atoms with Gasteiger partial charge in [-0.3, -0.25) is 4.79 Å². The number of nitrogens with one attached hydrogen (secondary N) is 1. The van der Waals surface area contributed by atoms with Crippen LogP contribution in [0.4, 0.5) is 24.5 Å². The summed E-state index contributed by atoms with van der Waals surface area (Å²) in [6.07, 6.45) is -1.71. The normalized spacial score (nSPS) is 16.3. The maximum atomic E-state index is 13.9. The van der Waals surface area contributed by atoms with Crippen LogP contribution in [0, 0.1) is 11.3 Å². The number of hydrogen-bond acceptors (Lipinski definition) is 7. The summed E-state index contributed by atoms with van der Waals surface area (Å²) < 4.78 is 47.2. The number of halogens is 3. The first-order valence-corrected chi connectivity index (χ1v) is 15.6. The molecule has 1 saturated carbocycles. The third kappa shape index (κ3) is 6.81. The summed E-state index contributed by atoms with van der Waals surface area (Å²) in [6, 6.07) is 12.5. The molecule has 2 aliphatic rings. The molecule has 0 atom stereocenters. The molecule has 1 aliphatic heterocycles. The second kappa shape index (κ2) is 12.2. The highest BCUT2D eigenvalue weighted by Gasteiger charge is 2.36. The van der Waals surface area contributed by atoms with Crippen molar-refractivity contribution in [3.63, 3.8) is 0 Å². The summed E-state index contributed by atoms with van der Waals surface area (Å²) in [5.41, 5.74) is 3.75. The molecular formula is C34H39F3N6O3. The summed E-state index contributed by atoms with van der Waals surface area (Å²) >= 11 is 0. The van der Waals surface area contributed by atoms with E-state index in [1.807, 2.05) is 37.4 Å². The summed E-state index contributed by atoms with van der Waals surface area (Å²) in [5, 5.41) is 9.32. The molecule has 4 aromatic rings. The number of methoxy groups -OCH3 is 1. The van der Waals surface area contributed by atoms with Crippen molar-refractivity contribution in [3.8, 4) is 22.6 Å². The monoisotopic (exact) mass is 636 g/mol. The highest BCUT2D eigenvalue weighted by molar-refractivity contribution is 5.91. The minimum absolute atomic E-state index is 0.0326. The van der Waals surface area contributed by atoms with Gasteiger partial charge < -0.3 is 24.6 Å². The molecule has 0 bridgehead atoms. The Kier molecular flexibility index (Phi) is 8.43. The maximum Gasteiger partial charge on any atom is 0.433 e. The Labute approximate surface area is 265 Å². The Balaban J connectivity index is 1.38. The average Bonchev–Trinajstić information content (AvgIpc) is 3.78.